The maximum absolute atomic E-state index is 13.2. The summed E-state index contributed by atoms with van der Waals surface area (Å²) in [6, 6.07) is 17.8. The van der Waals surface area contributed by atoms with Crippen molar-refractivity contribution in [1.29, 1.82) is 0 Å². The van der Waals surface area contributed by atoms with Crippen LogP contribution in [0.3, 0.4) is 0 Å². The number of carbonyl (C=O) groups is 1. The molecule has 1 fully saturated rings. The zero-order valence-corrected chi connectivity index (χ0v) is 15.8. The monoisotopic (exact) mass is 377 g/mol. The number of rotatable bonds is 5. The molecule has 1 amide bonds. The smallest absolute Gasteiger partial charge is 0.257 e. The zero-order valence-electron chi connectivity index (χ0n) is 15.8. The Balaban J connectivity index is 1.51. The first kappa shape index (κ1) is 18.3. The molecular weight excluding hydrogens is 354 g/mol. The average Bonchev–Trinajstić information content (AvgIpc) is 3.24. The van der Waals surface area contributed by atoms with Crippen molar-refractivity contribution in [2.45, 2.75) is 12.5 Å². The van der Waals surface area contributed by atoms with E-state index in [1.165, 1.54) is 5.56 Å². The minimum absolute atomic E-state index is 0.00716. The van der Waals surface area contributed by atoms with E-state index in [2.05, 4.69) is 22.3 Å². The molecule has 0 bridgehead atoms. The van der Waals surface area contributed by atoms with E-state index in [1.807, 2.05) is 47.4 Å². The molecule has 1 aliphatic heterocycles. The summed E-state index contributed by atoms with van der Waals surface area (Å²) in [5.74, 6) is 0.702. The van der Waals surface area contributed by atoms with Crippen molar-refractivity contribution in [3.05, 3.63) is 71.9 Å². The molecule has 28 heavy (non-hydrogen) atoms. The molecule has 2 heterocycles. The van der Waals surface area contributed by atoms with E-state index in [9.17, 15) is 4.79 Å². The number of H-pyrrole nitrogens is 1. The van der Waals surface area contributed by atoms with Crippen LogP contribution in [0.1, 0.15) is 15.9 Å². The van der Waals surface area contributed by atoms with Gasteiger partial charge < -0.3 is 14.4 Å². The number of morpholine rings is 1. The molecule has 0 unspecified atom stereocenters. The van der Waals surface area contributed by atoms with Crippen LogP contribution in [-0.4, -0.2) is 53.9 Å². The first-order chi connectivity index (χ1) is 13.7. The van der Waals surface area contributed by atoms with Gasteiger partial charge in [0.25, 0.3) is 5.91 Å². The van der Waals surface area contributed by atoms with Gasteiger partial charge in [-0.05, 0) is 17.7 Å². The highest BCUT2D eigenvalue weighted by Gasteiger charge is 2.27. The van der Waals surface area contributed by atoms with Gasteiger partial charge in [-0.25, -0.2) is 0 Å². The number of ether oxygens (including phenoxy) is 2. The molecule has 4 rings (SSSR count). The second kappa shape index (κ2) is 8.27. The second-order valence-corrected chi connectivity index (χ2v) is 6.82. The predicted molar refractivity (Wildman–Crippen MR) is 106 cm³/mol. The van der Waals surface area contributed by atoms with E-state index >= 15 is 0 Å². The summed E-state index contributed by atoms with van der Waals surface area (Å²) in [7, 11) is 1.62. The average molecular weight is 377 g/mol. The number of aromatic nitrogens is 2. The Morgan fingerprint density at radius 2 is 2.11 bits per heavy atom. The van der Waals surface area contributed by atoms with Crippen LogP contribution in [0.15, 0.2) is 60.8 Å². The van der Waals surface area contributed by atoms with Gasteiger partial charge in [-0.15, -0.1) is 0 Å². The largest absolute Gasteiger partial charge is 0.497 e. The van der Waals surface area contributed by atoms with Crippen molar-refractivity contribution in [3.63, 3.8) is 0 Å². The van der Waals surface area contributed by atoms with Crippen molar-refractivity contribution in [3.8, 4) is 17.0 Å². The second-order valence-electron chi connectivity index (χ2n) is 6.82. The van der Waals surface area contributed by atoms with Gasteiger partial charge in [0.05, 0.1) is 37.3 Å². The summed E-state index contributed by atoms with van der Waals surface area (Å²) >= 11 is 0. The molecule has 1 aliphatic rings. The molecule has 1 atom stereocenters. The predicted octanol–water partition coefficient (Wildman–Crippen LogP) is 3.17. The standard InChI is InChI=1S/C22H23N3O3/c1-27-18-9-5-8-17(13-18)21-20(14-23-24-21)22(26)25-10-11-28-19(15-25)12-16-6-3-2-4-7-16/h2-9,13-14,19H,10-12,15H2,1H3,(H,23,24)/t19-/m0/s1. The molecule has 0 radical (unpaired) electrons. The van der Waals surface area contributed by atoms with Crippen LogP contribution in [0.4, 0.5) is 0 Å². The van der Waals surface area contributed by atoms with Gasteiger partial charge in [0.1, 0.15) is 5.75 Å². The van der Waals surface area contributed by atoms with Crippen LogP contribution < -0.4 is 4.74 Å². The summed E-state index contributed by atoms with van der Waals surface area (Å²) in [5.41, 5.74) is 3.35. The number of nitrogens with one attached hydrogen (secondary N) is 1. The Morgan fingerprint density at radius 3 is 2.93 bits per heavy atom. The highest BCUT2D eigenvalue weighted by Crippen LogP contribution is 2.26. The number of nitrogens with zero attached hydrogens (tertiary/aromatic N) is 2. The van der Waals surface area contributed by atoms with Gasteiger partial charge in [-0.2, -0.15) is 5.10 Å². The Morgan fingerprint density at radius 1 is 1.25 bits per heavy atom. The number of amides is 1. The third-order valence-corrected chi connectivity index (χ3v) is 4.96. The van der Waals surface area contributed by atoms with Crippen molar-refractivity contribution in [2.75, 3.05) is 26.8 Å². The molecule has 144 valence electrons. The molecule has 1 aromatic heterocycles. The minimum atomic E-state index is -0.0343. The number of methoxy groups -OCH3 is 1. The number of hydrogen-bond acceptors (Lipinski definition) is 4. The van der Waals surface area contributed by atoms with E-state index < -0.39 is 0 Å². The number of benzene rings is 2. The van der Waals surface area contributed by atoms with Crippen LogP contribution in [0.2, 0.25) is 0 Å². The van der Waals surface area contributed by atoms with E-state index in [0.29, 0.717) is 31.0 Å². The van der Waals surface area contributed by atoms with Gasteiger partial charge in [0.15, 0.2) is 0 Å². The quantitative estimate of drug-likeness (QED) is 0.742. The Labute approximate surface area is 164 Å². The third kappa shape index (κ3) is 3.92. The molecule has 2 aromatic carbocycles. The Bertz CT molecular complexity index is 939. The SMILES string of the molecule is COc1cccc(-c2[nH]ncc2C(=O)N2CCO[C@@H](Cc3ccccc3)C2)c1. The van der Waals surface area contributed by atoms with Crippen LogP contribution in [0.25, 0.3) is 11.3 Å². The lowest BCUT2D eigenvalue weighted by molar-refractivity contribution is -0.0207. The Kier molecular flexibility index (Phi) is 5.39. The van der Waals surface area contributed by atoms with Crippen LogP contribution >= 0.6 is 0 Å². The molecule has 6 nitrogen and oxygen atoms in total. The third-order valence-electron chi connectivity index (χ3n) is 4.96. The van der Waals surface area contributed by atoms with E-state index in [0.717, 1.165) is 17.7 Å². The summed E-state index contributed by atoms with van der Waals surface area (Å²) in [5, 5.41) is 7.07. The van der Waals surface area contributed by atoms with E-state index in [-0.39, 0.29) is 12.0 Å². The summed E-state index contributed by atoms with van der Waals surface area (Å²) in [6.07, 6.45) is 2.38. The van der Waals surface area contributed by atoms with E-state index in [1.54, 1.807) is 13.3 Å². The highest BCUT2D eigenvalue weighted by atomic mass is 16.5. The number of carbonyl (C=O) groups excluding carboxylic acids is 1. The maximum atomic E-state index is 13.2. The van der Waals surface area contributed by atoms with Gasteiger partial charge in [-0.3, -0.25) is 9.89 Å². The van der Waals surface area contributed by atoms with Gasteiger partial charge >= 0.3 is 0 Å². The molecule has 1 N–H and O–H groups in total. The van der Waals surface area contributed by atoms with Crippen LogP contribution in [0.5, 0.6) is 5.75 Å². The van der Waals surface area contributed by atoms with Crippen molar-refractivity contribution >= 4 is 5.91 Å². The first-order valence-corrected chi connectivity index (χ1v) is 9.37. The Hall–Kier alpha value is -3.12. The van der Waals surface area contributed by atoms with Crippen LogP contribution in [0, 0.1) is 0 Å². The summed E-state index contributed by atoms with van der Waals surface area (Å²) in [6.45, 7) is 1.68. The van der Waals surface area contributed by atoms with Crippen molar-refractivity contribution in [1.82, 2.24) is 15.1 Å². The van der Waals surface area contributed by atoms with E-state index in [4.69, 9.17) is 9.47 Å². The molecule has 3 aromatic rings. The van der Waals surface area contributed by atoms with Crippen LogP contribution in [-0.2, 0) is 11.2 Å². The molecule has 0 aliphatic carbocycles. The maximum Gasteiger partial charge on any atom is 0.257 e. The minimum Gasteiger partial charge on any atom is -0.497 e. The number of hydrogen-bond donors (Lipinski definition) is 1. The fourth-order valence-corrected chi connectivity index (χ4v) is 3.52. The molecule has 6 heteroatoms. The lowest BCUT2D eigenvalue weighted by atomic mass is 10.0. The lowest BCUT2D eigenvalue weighted by Crippen LogP contribution is -2.46. The van der Waals surface area contributed by atoms with Gasteiger partial charge in [0.2, 0.25) is 0 Å². The molecule has 0 spiro atoms. The zero-order chi connectivity index (χ0) is 19.3. The summed E-state index contributed by atoms with van der Waals surface area (Å²) < 4.78 is 11.2. The lowest BCUT2D eigenvalue weighted by Gasteiger charge is -2.33. The topological polar surface area (TPSA) is 67.5 Å². The van der Waals surface area contributed by atoms with Crippen molar-refractivity contribution in [2.24, 2.45) is 0 Å². The number of aromatic amines is 1. The molecule has 0 saturated carbocycles. The molecule has 1 saturated heterocycles. The molecular formula is C22H23N3O3. The van der Waals surface area contributed by atoms with Crippen molar-refractivity contribution < 1.29 is 14.3 Å². The summed E-state index contributed by atoms with van der Waals surface area (Å²) in [4.78, 5) is 15.0. The fourth-order valence-electron chi connectivity index (χ4n) is 3.52. The normalized spacial score (nSPS) is 16.8. The van der Waals surface area contributed by atoms with Gasteiger partial charge in [-0.1, -0.05) is 42.5 Å². The highest BCUT2D eigenvalue weighted by molar-refractivity contribution is 5.99. The van der Waals surface area contributed by atoms with Gasteiger partial charge in [0, 0.05) is 25.1 Å². The fraction of sp³-hybridized carbons (Fsp3) is 0.273. The first-order valence-electron chi connectivity index (χ1n) is 9.37.